The van der Waals surface area contributed by atoms with Gasteiger partial charge in [-0.2, -0.15) is 0 Å². The summed E-state index contributed by atoms with van der Waals surface area (Å²) in [7, 11) is 0. The van der Waals surface area contributed by atoms with E-state index in [4.69, 9.17) is 4.74 Å². The van der Waals surface area contributed by atoms with E-state index in [2.05, 4.69) is 24.0 Å². The molecule has 1 aliphatic heterocycles. The van der Waals surface area contributed by atoms with Gasteiger partial charge in [-0.25, -0.2) is 9.78 Å². The van der Waals surface area contributed by atoms with Crippen LogP contribution in [0.1, 0.15) is 43.8 Å². The van der Waals surface area contributed by atoms with Crippen LogP contribution in [0.5, 0.6) is 0 Å². The standard InChI is InChI=1S/C18H24N2O2S/c1-5-15-19-14-7-6-12-8-10-20(17(21)22-18(2,3)4)11-9-13(12)16(14)23-15/h6-7H,5,8-11H2,1-4H3. The van der Waals surface area contributed by atoms with Crippen LogP contribution in [-0.2, 0) is 24.0 Å². The smallest absolute Gasteiger partial charge is 0.410 e. The number of carbonyl (C=O) groups excluding carboxylic acids is 1. The number of fused-ring (bicyclic) bond motifs is 3. The van der Waals surface area contributed by atoms with E-state index in [1.807, 2.05) is 25.7 Å². The topological polar surface area (TPSA) is 42.4 Å². The molecule has 0 radical (unpaired) electrons. The van der Waals surface area contributed by atoms with Crippen molar-refractivity contribution in [3.63, 3.8) is 0 Å². The number of ether oxygens (including phenoxy) is 1. The van der Waals surface area contributed by atoms with Gasteiger partial charge in [-0.3, -0.25) is 0 Å². The largest absolute Gasteiger partial charge is 0.444 e. The molecule has 0 bridgehead atoms. The van der Waals surface area contributed by atoms with Gasteiger partial charge < -0.3 is 9.64 Å². The van der Waals surface area contributed by atoms with Crippen LogP contribution >= 0.6 is 11.3 Å². The fraction of sp³-hybridized carbons (Fsp3) is 0.556. The highest BCUT2D eigenvalue weighted by atomic mass is 32.1. The van der Waals surface area contributed by atoms with Gasteiger partial charge in [0.1, 0.15) is 5.60 Å². The molecule has 0 aliphatic carbocycles. The first kappa shape index (κ1) is 16.2. The van der Waals surface area contributed by atoms with Crippen LogP contribution in [0.15, 0.2) is 12.1 Å². The predicted octanol–water partition coefficient (Wildman–Crippen LogP) is 4.19. The zero-order valence-corrected chi connectivity index (χ0v) is 15.1. The summed E-state index contributed by atoms with van der Waals surface area (Å²) in [6, 6.07) is 4.29. The van der Waals surface area contributed by atoms with E-state index < -0.39 is 5.60 Å². The van der Waals surface area contributed by atoms with E-state index in [0.717, 1.165) is 24.8 Å². The van der Waals surface area contributed by atoms with Crippen molar-refractivity contribution in [2.45, 2.75) is 52.6 Å². The van der Waals surface area contributed by atoms with Gasteiger partial charge >= 0.3 is 6.09 Å². The second kappa shape index (κ2) is 6.11. The average molecular weight is 332 g/mol. The number of nitrogens with zero attached hydrogens (tertiary/aromatic N) is 2. The van der Waals surface area contributed by atoms with Crippen molar-refractivity contribution >= 4 is 27.6 Å². The highest BCUT2D eigenvalue weighted by Gasteiger charge is 2.25. The van der Waals surface area contributed by atoms with E-state index in [1.54, 1.807) is 11.3 Å². The number of thiazole rings is 1. The van der Waals surface area contributed by atoms with E-state index in [0.29, 0.717) is 13.1 Å². The minimum Gasteiger partial charge on any atom is -0.444 e. The van der Waals surface area contributed by atoms with Gasteiger partial charge in [-0.15, -0.1) is 11.3 Å². The molecule has 0 fully saturated rings. The third-order valence-corrected chi connectivity index (χ3v) is 5.31. The second-order valence-electron chi connectivity index (χ2n) is 6.98. The summed E-state index contributed by atoms with van der Waals surface area (Å²) >= 11 is 1.79. The summed E-state index contributed by atoms with van der Waals surface area (Å²) in [5.41, 5.74) is 3.36. The molecule has 0 N–H and O–H groups in total. The molecule has 2 aromatic rings. The second-order valence-corrected chi connectivity index (χ2v) is 8.06. The van der Waals surface area contributed by atoms with E-state index >= 15 is 0 Å². The molecule has 23 heavy (non-hydrogen) atoms. The molecule has 1 aromatic carbocycles. The Kier molecular flexibility index (Phi) is 4.32. The molecule has 0 saturated carbocycles. The fourth-order valence-corrected chi connectivity index (χ4v) is 4.01. The first-order valence-corrected chi connectivity index (χ1v) is 9.07. The quantitative estimate of drug-likeness (QED) is 0.786. The normalized spacial score (nSPS) is 15.4. The molecule has 0 spiro atoms. The monoisotopic (exact) mass is 332 g/mol. The Morgan fingerprint density at radius 2 is 2.04 bits per heavy atom. The summed E-state index contributed by atoms with van der Waals surface area (Å²) in [4.78, 5) is 18.8. The van der Waals surface area contributed by atoms with Gasteiger partial charge in [0.15, 0.2) is 0 Å². The van der Waals surface area contributed by atoms with Crippen LogP contribution in [0.4, 0.5) is 4.79 Å². The number of carbonyl (C=O) groups is 1. The number of aromatic nitrogens is 1. The molecule has 1 amide bonds. The van der Waals surface area contributed by atoms with Crippen LogP contribution in [0.3, 0.4) is 0 Å². The van der Waals surface area contributed by atoms with Crippen LogP contribution in [0.25, 0.3) is 10.2 Å². The van der Waals surface area contributed by atoms with Gasteiger partial charge in [-0.1, -0.05) is 13.0 Å². The molecule has 5 heteroatoms. The zero-order chi connectivity index (χ0) is 16.6. The fourth-order valence-electron chi connectivity index (χ4n) is 2.92. The van der Waals surface area contributed by atoms with Crippen molar-refractivity contribution in [2.24, 2.45) is 0 Å². The van der Waals surface area contributed by atoms with Crippen LogP contribution in [-0.4, -0.2) is 34.7 Å². The molecule has 4 nitrogen and oxygen atoms in total. The van der Waals surface area contributed by atoms with Gasteiger partial charge in [-0.05, 0) is 57.2 Å². The first-order valence-electron chi connectivity index (χ1n) is 8.25. The number of amides is 1. The van der Waals surface area contributed by atoms with Crippen molar-refractivity contribution < 1.29 is 9.53 Å². The number of benzene rings is 1. The van der Waals surface area contributed by atoms with Crippen molar-refractivity contribution in [1.29, 1.82) is 0 Å². The van der Waals surface area contributed by atoms with E-state index in [1.165, 1.54) is 20.8 Å². The Morgan fingerprint density at radius 3 is 2.74 bits per heavy atom. The molecule has 1 aliphatic rings. The summed E-state index contributed by atoms with van der Waals surface area (Å²) in [6.07, 6.45) is 2.51. The lowest BCUT2D eigenvalue weighted by molar-refractivity contribution is 0.0258. The van der Waals surface area contributed by atoms with Crippen LogP contribution < -0.4 is 0 Å². The molecule has 3 rings (SSSR count). The lowest BCUT2D eigenvalue weighted by atomic mass is 10.0. The predicted molar refractivity (Wildman–Crippen MR) is 94.2 cm³/mol. The number of rotatable bonds is 1. The summed E-state index contributed by atoms with van der Waals surface area (Å²) in [5, 5.41) is 1.18. The van der Waals surface area contributed by atoms with Crippen molar-refractivity contribution in [2.75, 3.05) is 13.1 Å². The Balaban J connectivity index is 1.84. The molecule has 0 unspecified atom stereocenters. The van der Waals surface area contributed by atoms with Gasteiger partial charge in [0.2, 0.25) is 0 Å². The van der Waals surface area contributed by atoms with Crippen molar-refractivity contribution in [3.05, 3.63) is 28.3 Å². The van der Waals surface area contributed by atoms with Crippen LogP contribution in [0.2, 0.25) is 0 Å². The van der Waals surface area contributed by atoms with Gasteiger partial charge in [0, 0.05) is 13.1 Å². The number of hydrogen-bond acceptors (Lipinski definition) is 4. The zero-order valence-electron chi connectivity index (χ0n) is 14.3. The SMILES string of the molecule is CCc1nc2ccc3c(c2s1)CCN(C(=O)OC(C)(C)C)CC3. The Hall–Kier alpha value is -1.62. The lowest BCUT2D eigenvalue weighted by Gasteiger charge is -2.26. The van der Waals surface area contributed by atoms with Gasteiger partial charge in [0.05, 0.1) is 15.2 Å². The highest BCUT2D eigenvalue weighted by molar-refractivity contribution is 7.18. The lowest BCUT2D eigenvalue weighted by Crippen LogP contribution is -2.38. The highest BCUT2D eigenvalue weighted by Crippen LogP contribution is 2.31. The Bertz CT molecular complexity index is 730. The Morgan fingerprint density at radius 1 is 1.30 bits per heavy atom. The Labute approximate surface area is 141 Å². The maximum absolute atomic E-state index is 12.3. The molecule has 0 saturated heterocycles. The minimum absolute atomic E-state index is 0.208. The van der Waals surface area contributed by atoms with Gasteiger partial charge in [0.25, 0.3) is 0 Å². The third-order valence-electron chi connectivity index (χ3n) is 4.04. The summed E-state index contributed by atoms with van der Waals surface area (Å²) < 4.78 is 6.81. The minimum atomic E-state index is -0.447. The number of hydrogen-bond donors (Lipinski definition) is 0. The molecule has 124 valence electrons. The molecular weight excluding hydrogens is 308 g/mol. The summed E-state index contributed by atoms with van der Waals surface area (Å²) in [5.74, 6) is 0. The molecule has 1 aromatic heterocycles. The maximum Gasteiger partial charge on any atom is 0.410 e. The van der Waals surface area contributed by atoms with E-state index in [-0.39, 0.29) is 6.09 Å². The van der Waals surface area contributed by atoms with E-state index in [9.17, 15) is 4.79 Å². The summed E-state index contributed by atoms with van der Waals surface area (Å²) in [6.45, 7) is 9.29. The number of aryl methyl sites for hydroxylation is 1. The average Bonchev–Trinajstić information content (AvgIpc) is 2.77. The van der Waals surface area contributed by atoms with Crippen molar-refractivity contribution in [1.82, 2.24) is 9.88 Å². The van der Waals surface area contributed by atoms with Crippen molar-refractivity contribution in [3.8, 4) is 0 Å². The first-order chi connectivity index (χ1) is 10.9. The maximum atomic E-state index is 12.3. The molecule has 2 heterocycles. The van der Waals surface area contributed by atoms with Crippen LogP contribution in [0, 0.1) is 0 Å². The molecule has 0 atom stereocenters. The molecular formula is C18H24N2O2S. The third kappa shape index (κ3) is 3.50.